The van der Waals surface area contributed by atoms with Gasteiger partial charge in [0.15, 0.2) is 0 Å². The number of benzene rings is 1. The molecule has 0 aliphatic heterocycles. The number of nitrogens with two attached hydrogens (primary N) is 1. The Morgan fingerprint density at radius 3 is 2.63 bits per heavy atom. The topological polar surface area (TPSA) is 64.3 Å². The zero-order valence-electron chi connectivity index (χ0n) is 11.3. The van der Waals surface area contributed by atoms with Crippen molar-refractivity contribution in [3.05, 3.63) is 35.9 Å². The van der Waals surface area contributed by atoms with E-state index in [9.17, 15) is 4.79 Å². The lowest BCUT2D eigenvalue weighted by molar-refractivity contribution is -0.124. The fourth-order valence-corrected chi connectivity index (χ4v) is 2.42. The highest BCUT2D eigenvalue weighted by Gasteiger charge is 2.30. The van der Waals surface area contributed by atoms with Crippen LogP contribution in [0.1, 0.15) is 30.9 Å². The van der Waals surface area contributed by atoms with Crippen molar-refractivity contribution in [3.8, 4) is 0 Å². The molecule has 2 atom stereocenters. The van der Waals surface area contributed by atoms with Gasteiger partial charge in [-0.15, -0.1) is 0 Å². The third kappa shape index (κ3) is 3.55. The van der Waals surface area contributed by atoms with Gasteiger partial charge in [0, 0.05) is 7.11 Å². The highest BCUT2D eigenvalue weighted by atomic mass is 16.5. The van der Waals surface area contributed by atoms with E-state index in [-0.39, 0.29) is 18.6 Å². The second kappa shape index (κ2) is 6.68. The van der Waals surface area contributed by atoms with Gasteiger partial charge in [-0.2, -0.15) is 0 Å². The molecular formula is C15H22N2O2. The number of hydrogen-bond donors (Lipinski definition) is 2. The molecule has 4 heteroatoms. The highest BCUT2D eigenvalue weighted by molar-refractivity contribution is 5.82. The quantitative estimate of drug-likeness (QED) is 0.818. The van der Waals surface area contributed by atoms with Gasteiger partial charge in [0.2, 0.25) is 5.91 Å². The second-order valence-corrected chi connectivity index (χ2v) is 5.15. The van der Waals surface area contributed by atoms with Crippen molar-refractivity contribution in [2.75, 3.05) is 13.7 Å². The maximum Gasteiger partial charge on any atom is 0.239 e. The van der Waals surface area contributed by atoms with Gasteiger partial charge in [0.1, 0.15) is 6.04 Å². The molecular weight excluding hydrogens is 240 g/mol. The van der Waals surface area contributed by atoms with Crippen LogP contribution in [0.4, 0.5) is 0 Å². The summed E-state index contributed by atoms with van der Waals surface area (Å²) in [5.74, 6) is 0.392. The van der Waals surface area contributed by atoms with Crippen LogP contribution in [0, 0.1) is 5.92 Å². The molecule has 1 saturated carbocycles. The van der Waals surface area contributed by atoms with E-state index in [1.165, 1.54) is 19.3 Å². The summed E-state index contributed by atoms with van der Waals surface area (Å²) in [5, 5.41) is 3.08. The van der Waals surface area contributed by atoms with Gasteiger partial charge >= 0.3 is 0 Å². The normalized spacial score (nSPS) is 18.4. The summed E-state index contributed by atoms with van der Waals surface area (Å²) in [6.45, 7) is 0.248. The fraction of sp³-hybridized carbons (Fsp3) is 0.533. The van der Waals surface area contributed by atoms with Gasteiger partial charge in [-0.05, 0) is 24.3 Å². The molecule has 1 aromatic carbocycles. The number of methoxy groups -OCH3 is 1. The van der Waals surface area contributed by atoms with Crippen LogP contribution in [0.5, 0.6) is 0 Å². The van der Waals surface area contributed by atoms with Crippen LogP contribution in [0.25, 0.3) is 0 Å². The number of carbonyl (C=O) groups is 1. The predicted octanol–water partition coefficient (Wildman–Crippen LogP) is 1.62. The van der Waals surface area contributed by atoms with E-state index in [1.54, 1.807) is 7.11 Å². The van der Waals surface area contributed by atoms with Crippen molar-refractivity contribution in [3.63, 3.8) is 0 Å². The molecule has 2 rings (SSSR count). The lowest BCUT2D eigenvalue weighted by atomic mass is 9.77. The molecule has 0 radical (unpaired) electrons. The van der Waals surface area contributed by atoms with E-state index in [2.05, 4.69) is 17.4 Å². The minimum absolute atomic E-state index is 0.0744. The van der Waals surface area contributed by atoms with Crippen molar-refractivity contribution < 1.29 is 9.53 Å². The Morgan fingerprint density at radius 2 is 2.11 bits per heavy atom. The van der Waals surface area contributed by atoms with Gasteiger partial charge in [-0.1, -0.05) is 36.8 Å². The van der Waals surface area contributed by atoms with Crippen LogP contribution < -0.4 is 11.1 Å². The SMILES string of the molecule is COCC(N)C(=O)NC(c1ccccc1)C1CCC1. The van der Waals surface area contributed by atoms with E-state index in [1.807, 2.05) is 18.2 Å². The molecule has 104 valence electrons. The standard InChI is InChI=1S/C15H22N2O2/c1-19-10-13(16)15(18)17-14(12-8-5-9-12)11-6-3-2-4-7-11/h2-4,6-7,12-14H,5,8-10,16H2,1H3,(H,17,18). The van der Waals surface area contributed by atoms with Crippen LogP contribution in [0.3, 0.4) is 0 Å². The Morgan fingerprint density at radius 1 is 1.42 bits per heavy atom. The largest absolute Gasteiger partial charge is 0.383 e. The van der Waals surface area contributed by atoms with Gasteiger partial charge < -0.3 is 15.8 Å². The summed E-state index contributed by atoms with van der Waals surface area (Å²) in [6, 6.07) is 9.59. The summed E-state index contributed by atoms with van der Waals surface area (Å²) < 4.78 is 4.93. The first kappa shape index (κ1) is 14.0. The van der Waals surface area contributed by atoms with Crippen LogP contribution >= 0.6 is 0 Å². The van der Waals surface area contributed by atoms with Crippen LogP contribution in [-0.4, -0.2) is 25.7 Å². The number of amides is 1. The molecule has 19 heavy (non-hydrogen) atoms. The molecule has 4 nitrogen and oxygen atoms in total. The minimum Gasteiger partial charge on any atom is -0.383 e. The van der Waals surface area contributed by atoms with E-state index in [0.29, 0.717) is 5.92 Å². The third-order valence-electron chi connectivity index (χ3n) is 3.76. The summed E-state index contributed by atoms with van der Waals surface area (Å²) in [7, 11) is 1.55. The molecule has 0 aromatic heterocycles. The van der Waals surface area contributed by atoms with Gasteiger partial charge in [-0.25, -0.2) is 0 Å². The van der Waals surface area contributed by atoms with Crippen LogP contribution in [0.15, 0.2) is 30.3 Å². The first-order valence-electron chi connectivity index (χ1n) is 6.82. The smallest absolute Gasteiger partial charge is 0.239 e. The fourth-order valence-electron chi connectivity index (χ4n) is 2.42. The van der Waals surface area contributed by atoms with E-state index >= 15 is 0 Å². The summed E-state index contributed by atoms with van der Waals surface area (Å²) >= 11 is 0. The Kier molecular flexibility index (Phi) is 4.93. The number of rotatable bonds is 6. The predicted molar refractivity (Wildman–Crippen MR) is 74.5 cm³/mol. The van der Waals surface area contributed by atoms with Crippen molar-refractivity contribution in [1.29, 1.82) is 0 Å². The molecule has 1 aliphatic rings. The number of carbonyl (C=O) groups excluding carboxylic acids is 1. The summed E-state index contributed by atoms with van der Waals surface area (Å²) in [5.41, 5.74) is 6.93. The summed E-state index contributed by atoms with van der Waals surface area (Å²) in [4.78, 5) is 12.0. The molecule has 1 aliphatic carbocycles. The Balaban J connectivity index is 2.04. The average Bonchev–Trinajstić information content (AvgIpc) is 2.37. The number of hydrogen-bond acceptors (Lipinski definition) is 3. The first-order valence-corrected chi connectivity index (χ1v) is 6.82. The molecule has 1 amide bonds. The maximum atomic E-state index is 12.0. The Hall–Kier alpha value is -1.39. The van der Waals surface area contributed by atoms with E-state index in [0.717, 1.165) is 5.56 Å². The summed E-state index contributed by atoms with van der Waals surface area (Å²) in [6.07, 6.45) is 3.58. The number of nitrogens with one attached hydrogen (secondary N) is 1. The van der Waals surface area contributed by atoms with Gasteiger partial charge in [0.25, 0.3) is 0 Å². The van der Waals surface area contributed by atoms with E-state index < -0.39 is 6.04 Å². The molecule has 0 spiro atoms. The molecule has 1 aromatic rings. The first-order chi connectivity index (χ1) is 9.22. The second-order valence-electron chi connectivity index (χ2n) is 5.15. The maximum absolute atomic E-state index is 12.0. The molecule has 0 bridgehead atoms. The van der Waals surface area contributed by atoms with Crippen molar-refractivity contribution in [2.24, 2.45) is 11.7 Å². The highest BCUT2D eigenvalue weighted by Crippen LogP contribution is 2.37. The van der Waals surface area contributed by atoms with Crippen molar-refractivity contribution in [1.82, 2.24) is 5.32 Å². The minimum atomic E-state index is -0.601. The van der Waals surface area contributed by atoms with E-state index in [4.69, 9.17) is 10.5 Å². The molecule has 2 unspecified atom stereocenters. The van der Waals surface area contributed by atoms with Gasteiger partial charge in [0.05, 0.1) is 12.6 Å². The zero-order valence-corrected chi connectivity index (χ0v) is 11.3. The average molecular weight is 262 g/mol. The van der Waals surface area contributed by atoms with Gasteiger partial charge in [-0.3, -0.25) is 4.79 Å². The monoisotopic (exact) mass is 262 g/mol. The van der Waals surface area contributed by atoms with Crippen LogP contribution in [0.2, 0.25) is 0 Å². The molecule has 0 saturated heterocycles. The lowest BCUT2D eigenvalue weighted by Crippen LogP contribution is -2.47. The zero-order chi connectivity index (χ0) is 13.7. The number of ether oxygens (including phenoxy) is 1. The Bertz CT molecular complexity index is 404. The molecule has 3 N–H and O–H groups in total. The lowest BCUT2D eigenvalue weighted by Gasteiger charge is -2.35. The van der Waals surface area contributed by atoms with Crippen LogP contribution in [-0.2, 0) is 9.53 Å². The van der Waals surface area contributed by atoms with Crippen molar-refractivity contribution >= 4 is 5.91 Å². The van der Waals surface area contributed by atoms with Crippen molar-refractivity contribution in [2.45, 2.75) is 31.3 Å². The Labute approximate surface area is 114 Å². The molecule has 1 fully saturated rings. The molecule has 0 heterocycles. The third-order valence-corrected chi connectivity index (χ3v) is 3.76.